The SMILES string of the molecule is Cc1ncnc(N2CCN(C(=O)C3CCc4ncnn4C3)CC2)c1C. The summed E-state index contributed by atoms with van der Waals surface area (Å²) in [6, 6.07) is 0. The predicted molar refractivity (Wildman–Crippen MR) is 92.1 cm³/mol. The maximum Gasteiger partial charge on any atom is 0.227 e. The number of fused-ring (bicyclic) bond motifs is 1. The van der Waals surface area contributed by atoms with Gasteiger partial charge in [0.2, 0.25) is 5.91 Å². The number of aryl methyl sites for hydroxylation is 2. The van der Waals surface area contributed by atoms with Gasteiger partial charge in [-0.3, -0.25) is 4.79 Å². The van der Waals surface area contributed by atoms with Gasteiger partial charge in [0, 0.05) is 43.9 Å². The minimum Gasteiger partial charge on any atom is -0.353 e. The van der Waals surface area contributed by atoms with Crippen LogP contribution in [-0.2, 0) is 17.8 Å². The van der Waals surface area contributed by atoms with Gasteiger partial charge in [-0.15, -0.1) is 0 Å². The minimum atomic E-state index is 0.0174. The van der Waals surface area contributed by atoms with Crippen LogP contribution in [0.4, 0.5) is 5.82 Å². The average molecular weight is 341 g/mol. The molecular formula is C17H23N7O. The molecule has 2 aromatic heterocycles. The summed E-state index contributed by atoms with van der Waals surface area (Å²) in [6.07, 6.45) is 4.89. The van der Waals surface area contributed by atoms with Gasteiger partial charge in [0.25, 0.3) is 0 Å². The van der Waals surface area contributed by atoms with Crippen molar-refractivity contribution in [2.24, 2.45) is 5.92 Å². The number of amides is 1. The summed E-state index contributed by atoms with van der Waals surface area (Å²) in [5.41, 5.74) is 2.13. The summed E-state index contributed by atoms with van der Waals surface area (Å²) < 4.78 is 1.87. The molecular weight excluding hydrogens is 318 g/mol. The average Bonchev–Trinajstić information content (AvgIpc) is 3.11. The van der Waals surface area contributed by atoms with E-state index in [0.717, 1.165) is 61.9 Å². The Morgan fingerprint density at radius 3 is 2.68 bits per heavy atom. The minimum absolute atomic E-state index is 0.0174. The quantitative estimate of drug-likeness (QED) is 0.796. The third kappa shape index (κ3) is 2.96. The van der Waals surface area contributed by atoms with Gasteiger partial charge in [-0.25, -0.2) is 19.6 Å². The van der Waals surface area contributed by atoms with Crippen molar-refractivity contribution in [1.82, 2.24) is 29.6 Å². The van der Waals surface area contributed by atoms with Gasteiger partial charge >= 0.3 is 0 Å². The van der Waals surface area contributed by atoms with Crippen LogP contribution in [0, 0.1) is 19.8 Å². The molecule has 0 radical (unpaired) electrons. The van der Waals surface area contributed by atoms with E-state index in [1.807, 2.05) is 16.5 Å². The molecule has 8 heteroatoms. The second-order valence-corrected chi connectivity index (χ2v) is 6.81. The molecule has 8 nitrogen and oxygen atoms in total. The summed E-state index contributed by atoms with van der Waals surface area (Å²) in [6.45, 7) is 7.80. The molecule has 0 spiro atoms. The smallest absolute Gasteiger partial charge is 0.227 e. The Morgan fingerprint density at radius 1 is 1.08 bits per heavy atom. The van der Waals surface area contributed by atoms with Crippen LogP contribution in [0.5, 0.6) is 0 Å². The topological polar surface area (TPSA) is 80.0 Å². The second-order valence-electron chi connectivity index (χ2n) is 6.81. The van der Waals surface area contributed by atoms with Gasteiger partial charge in [-0.2, -0.15) is 5.10 Å². The molecule has 132 valence electrons. The van der Waals surface area contributed by atoms with Crippen molar-refractivity contribution in [2.45, 2.75) is 33.2 Å². The molecule has 2 aliphatic rings. The summed E-state index contributed by atoms with van der Waals surface area (Å²) in [5, 5.41) is 4.22. The summed E-state index contributed by atoms with van der Waals surface area (Å²) >= 11 is 0. The number of anilines is 1. The third-order valence-corrected chi connectivity index (χ3v) is 5.36. The fourth-order valence-corrected chi connectivity index (χ4v) is 3.68. The van der Waals surface area contributed by atoms with Gasteiger partial charge in [0.05, 0.1) is 12.5 Å². The molecule has 1 unspecified atom stereocenters. The maximum absolute atomic E-state index is 12.9. The number of hydrogen-bond acceptors (Lipinski definition) is 6. The predicted octanol–water partition coefficient (Wildman–Crippen LogP) is 0.596. The number of rotatable bonds is 2. The van der Waals surface area contributed by atoms with Crippen LogP contribution in [0.1, 0.15) is 23.5 Å². The zero-order valence-corrected chi connectivity index (χ0v) is 14.7. The first-order chi connectivity index (χ1) is 12.1. The molecule has 2 aromatic rings. The summed E-state index contributed by atoms with van der Waals surface area (Å²) in [7, 11) is 0. The zero-order valence-electron chi connectivity index (χ0n) is 14.7. The van der Waals surface area contributed by atoms with Crippen LogP contribution in [0.3, 0.4) is 0 Å². The van der Waals surface area contributed by atoms with Gasteiger partial charge in [0.1, 0.15) is 24.3 Å². The van der Waals surface area contributed by atoms with E-state index in [9.17, 15) is 4.79 Å². The molecule has 0 saturated carbocycles. The second kappa shape index (κ2) is 6.42. The molecule has 1 amide bonds. The van der Waals surface area contributed by atoms with E-state index >= 15 is 0 Å². The highest BCUT2D eigenvalue weighted by molar-refractivity contribution is 5.79. The molecule has 0 aliphatic carbocycles. The van der Waals surface area contributed by atoms with Crippen LogP contribution in [0.25, 0.3) is 0 Å². The van der Waals surface area contributed by atoms with Crippen LogP contribution in [0.2, 0.25) is 0 Å². The van der Waals surface area contributed by atoms with E-state index in [-0.39, 0.29) is 11.8 Å². The summed E-state index contributed by atoms with van der Waals surface area (Å²) in [5.74, 6) is 2.24. The highest BCUT2D eigenvalue weighted by Gasteiger charge is 2.31. The van der Waals surface area contributed by atoms with Crippen LogP contribution in [0.15, 0.2) is 12.7 Å². The van der Waals surface area contributed by atoms with Crippen LogP contribution >= 0.6 is 0 Å². The number of carbonyl (C=O) groups is 1. The maximum atomic E-state index is 12.9. The molecule has 0 aromatic carbocycles. The monoisotopic (exact) mass is 341 g/mol. The molecule has 4 heterocycles. The molecule has 0 N–H and O–H groups in total. The molecule has 1 atom stereocenters. The molecule has 0 bridgehead atoms. The highest BCUT2D eigenvalue weighted by Crippen LogP contribution is 2.23. The van der Waals surface area contributed by atoms with Crippen molar-refractivity contribution in [3.63, 3.8) is 0 Å². The molecule has 25 heavy (non-hydrogen) atoms. The fraction of sp³-hybridized carbons (Fsp3) is 0.588. The first-order valence-electron chi connectivity index (χ1n) is 8.82. The number of hydrogen-bond donors (Lipinski definition) is 0. The molecule has 4 rings (SSSR count). The number of carbonyl (C=O) groups excluding carboxylic acids is 1. The summed E-state index contributed by atoms with van der Waals surface area (Å²) in [4.78, 5) is 30.0. The third-order valence-electron chi connectivity index (χ3n) is 5.36. The first-order valence-corrected chi connectivity index (χ1v) is 8.82. The lowest BCUT2D eigenvalue weighted by molar-refractivity contribution is -0.137. The van der Waals surface area contributed by atoms with Gasteiger partial charge in [-0.1, -0.05) is 0 Å². The molecule has 1 fully saturated rings. The van der Waals surface area contributed by atoms with E-state index in [4.69, 9.17) is 0 Å². The van der Waals surface area contributed by atoms with E-state index in [0.29, 0.717) is 6.54 Å². The van der Waals surface area contributed by atoms with Crippen molar-refractivity contribution in [3.8, 4) is 0 Å². The van der Waals surface area contributed by atoms with Crippen molar-refractivity contribution in [1.29, 1.82) is 0 Å². The lowest BCUT2D eigenvalue weighted by Gasteiger charge is -2.38. The number of piperazine rings is 1. The highest BCUT2D eigenvalue weighted by atomic mass is 16.2. The number of nitrogens with zero attached hydrogens (tertiary/aromatic N) is 7. The Morgan fingerprint density at radius 2 is 1.88 bits per heavy atom. The van der Waals surface area contributed by atoms with Gasteiger partial charge in [0.15, 0.2) is 0 Å². The van der Waals surface area contributed by atoms with E-state index in [1.54, 1.807) is 12.7 Å². The van der Waals surface area contributed by atoms with Crippen molar-refractivity contribution in [2.75, 3.05) is 31.1 Å². The zero-order chi connectivity index (χ0) is 17.4. The largest absolute Gasteiger partial charge is 0.353 e. The normalized spacial score (nSPS) is 20.5. The van der Waals surface area contributed by atoms with E-state index in [2.05, 4.69) is 31.9 Å². The molecule has 2 aliphatic heterocycles. The Hall–Kier alpha value is -2.51. The first kappa shape index (κ1) is 16.0. The Labute approximate surface area is 146 Å². The van der Waals surface area contributed by atoms with E-state index < -0.39 is 0 Å². The Bertz CT molecular complexity index is 779. The Balaban J connectivity index is 1.39. The lowest BCUT2D eigenvalue weighted by Crippen LogP contribution is -2.51. The van der Waals surface area contributed by atoms with Gasteiger partial charge in [-0.05, 0) is 20.3 Å². The fourth-order valence-electron chi connectivity index (χ4n) is 3.68. The standard InChI is InChI=1S/C17H23N7O/c1-12-13(2)18-10-20-16(12)22-5-7-23(8-6-22)17(25)14-3-4-15-19-11-21-24(15)9-14/h10-11,14H,3-9H2,1-2H3. The van der Waals surface area contributed by atoms with Crippen molar-refractivity contribution >= 4 is 11.7 Å². The molecule has 1 saturated heterocycles. The van der Waals surface area contributed by atoms with Crippen molar-refractivity contribution in [3.05, 3.63) is 29.7 Å². The van der Waals surface area contributed by atoms with Crippen molar-refractivity contribution < 1.29 is 4.79 Å². The Kier molecular flexibility index (Phi) is 4.10. The van der Waals surface area contributed by atoms with Gasteiger partial charge < -0.3 is 9.80 Å². The van der Waals surface area contributed by atoms with Crippen LogP contribution in [-0.4, -0.2) is 61.7 Å². The lowest BCUT2D eigenvalue weighted by atomic mass is 9.98. The number of aromatic nitrogens is 5. The van der Waals surface area contributed by atoms with Crippen LogP contribution < -0.4 is 4.90 Å². The van der Waals surface area contributed by atoms with E-state index in [1.165, 1.54) is 0 Å².